The van der Waals surface area contributed by atoms with Crippen LogP contribution in [0.5, 0.6) is 0 Å². The van der Waals surface area contributed by atoms with Gasteiger partial charge >= 0.3 is 0 Å². The Balaban J connectivity index is 1.93. The number of para-hydroxylation sites is 1. The van der Waals surface area contributed by atoms with Crippen molar-refractivity contribution in [2.75, 3.05) is 16.0 Å². The van der Waals surface area contributed by atoms with Crippen molar-refractivity contribution in [2.45, 2.75) is 11.8 Å². The number of thioether (sulfide) groups is 1. The van der Waals surface area contributed by atoms with Gasteiger partial charge in [0.05, 0.1) is 5.75 Å². The van der Waals surface area contributed by atoms with Crippen LogP contribution in [0.4, 0.5) is 11.4 Å². The first-order chi connectivity index (χ1) is 11.0. The zero-order valence-electron chi connectivity index (χ0n) is 12.3. The number of nitrogens with one attached hydrogen (secondary N) is 1. The predicted molar refractivity (Wildman–Crippen MR) is 92.9 cm³/mol. The van der Waals surface area contributed by atoms with E-state index in [1.807, 2.05) is 37.3 Å². The fraction of sp³-hybridized carbons (Fsp3) is 0.176. The van der Waals surface area contributed by atoms with Gasteiger partial charge < -0.3 is 5.32 Å². The molecule has 1 atom stereocenters. The monoisotopic (exact) mass is 344 g/mol. The van der Waals surface area contributed by atoms with Gasteiger partial charge in [-0.3, -0.25) is 14.5 Å². The molecular weight excluding hydrogens is 332 g/mol. The molecule has 1 fully saturated rings. The number of carbonyl (C=O) groups excluding carboxylic acids is 2. The van der Waals surface area contributed by atoms with Crippen LogP contribution >= 0.6 is 23.4 Å². The van der Waals surface area contributed by atoms with Crippen LogP contribution in [0.3, 0.4) is 0 Å². The molecule has 1 spiro atoms. The van der Waals surface area contributed by atoms with Gasteiger partial charge in [0.15, 0.2) is 0 Å². The Bertz CT molecular complexity index is 854. The number of anilines is 2. The van der Waals surface area contributed by atoms with Crippen molar-refractivity contribution in [3.63, 3.8) is 0 Å². The van der Waals surface area contributed by atoms with Crippen molar-refractivity contribution in [1.82, 2.24) is 0 Å². The van der Waals surface area contributed by atoms with Crippen molar-refractivity contribution in [3.8, 4) is 0 Å². The highest BCUT2D eigenvalue weighted by Crippen LogP contribution is 2.53. The van der Waals surface area contributed by atoms with Crippen LogP contribution in [-0.4, -0.2) is 17.6 Å². The van der Waals surface area contributed by atoms with E-state index in [-0.39, 0.29) is 17.6 Å². The molecule has 2 heterocycles. The Labute approximate surface area is 142 Å². The number of rotatable bonds is 1. The second-order valence-electron chi connectivity index (χ2n) is 5.60. The molecule has 0 radical (unpaired) electrons. The molecular formula is C17H13ClN2O2S. The van der Waals surface area contributed by atoms with Crippen LogP contribution in [0.25, 0.3) is 0 Å². The first-order valence-corrected chi connectivity index (χ1v) is 8.54. The molecule has 2 aliphatic rings. The fourth-order valence-electron chi connectivity index (χ4n) is 3.15. The molecule has 2 aromatic carbocycles. The minimum atomic E-state index is -1.03. The first kappa shape index (κ1) is 14.6. The van der Waals surface area contributed by atoms with Gasteiger partial charge in [0.1, 0.15) is 0 Å². The number of carbonyl (C=O) groups is 2. The molecule has 23 heavy (non-hydrogen) atoms. The highest BCUT2D eigenvalue weighted by molar-refractivity contribution is 8.02. The van der Waals surface area contributed by atoms with Gasteiger partial charge in [-0.05, 0) is 36.8 Å². The average Bonchev–Trinajstić information content (AvgIpc) is 3.02. The van der Waals surface area contributed by atoms with Gasteiger partial charge in [-0.2, -0.15) is 0 Å². The van der Waals surface area contributed by atoms with Crippen LogP contribution < -0.4 is 10.2 Å². The fourth-order valence-corrected chi connectivity index (χ4v) is 4.58. The van der Waals surface area contributed by atoms with Gasteiger partial charge in [0.25, 0.3) is 5.91 Å². The Kier molecular flexibility index (Phi) is 3.18. The first-order valence-electron chi connectivity index (χ1n) is 7.18. The predicted octanol–water partition coefficient (Wildman–Crippen LogP) is 3.53. The van der Waals surface area contributed by atoms with E-state index in [1.54, 1.807) is 17.0 Å². The lowest BCUT2D eigenvalue weighted by Crippen LogP contribution is -2.47. The lowest BCUT2D eigenvalue weighted by Gasteiger charge is -2.32. The van der Waals surface area contributed by atoms with E-state index in [0.29, 0.717) is 10.7 Å². The number of benzene rings is 2. The molecule has 0 bridgehead atoms. The largest absolute Gasteiger partial charge is 0.323 e. The number of aryl methyl sites for hydroxylation is 1. The Morgan fingerprint density at radius 3 is 2.78 bits per heavy atom. The SMILES string of the molecule is Cc1cc(N2C(=O)CSC23C(=O)Nc2ccccc23)ccc1Cl. The van der Waals surface area contributed by atoms with E-state index in [0.717, 1.165) is 16.8 Å². The summed E-state index contributed by atoms with van der Waals surface area (Å²) >= 11 is 7.45. The number of hydrogen-bond donors (Lipinski definition) is 1. The molecule has 1 saturated heterocycles. The number of hydrogen-bond acceptors (Lipinski definition) is 3. The summed E-state index contributed by atoms with van der Waals surface area (Å²) in [4.78, 5) is 25.9. The molecule has 2 aliphatic heterocycles. The number of fused-ring (bicyclic) bond motifs is 2. The van der Waals surface area contributed by atoms with E-state index in [9.17, 15) is 9.59 Å². The molecule has 0 aromatic heterocycles. The summed E-state index contributed by atoms with van der Waals surface area (Å²) in [5.74, 6) is 0.00871. The molecule has 116 valence electrons. The lowest BCUT2D eigenvalue weighted by molar-refractivity contribution is -0.122. The third-order valence-corrected chi connectivity index (χ3v) is 6.04. The second kappa shape index (κ2) is 5.01. The number of halogens is 1. The van der Waals surface area contributed by atoms with Crippen molar-refractivity contribution in [3.05, 3.63) is 58.6 Å². The van der Waals surface area contributed by atoms with Crippen LogP contribution in [-0.2, 0) is 14.5 Å². The lowest BCUT2D eigenvalue weighted by atomic mass is 10.0. The molecule has 0 aliphatic carbocycles. The summed E-state index contributed by atoms with van der Waals surface area (Å²) in [5, 5.41) is 3.53. The van der Waals surface area contributed by atoms with Gasteiger partial charge in [0, 0.05) is 22.0 Å². The normalized spacial score (nSPS) is 22.6. The van der Waals surface area contributed by atoms with Gasteiger partial charge in [-0.1, -0.05) is 29.8 Å². The topological polar surface area (TPSA) is 49.4 Å². The van der Waals surface area contributed by atoms with E-state index < -0.39 is 4.87 Å². The molecule has 4 nitrogen and oxygen atoms in total. The number of amides is 2. The Morgan fingerprint density at radius 2 is 2.00 bits per heavy atom. The summed E-state index contributed by atoms with van der Waals surface area (Å²) < 4.78 is 0. The zero-order chi connectivity index (χ0) is 16.2. The van der Waals surface area contributed by atoms with E-state index in [2.05, 4.69) is 5.32 Å². The van der Waals surface area contributed by atoms with Crippen LogP contribution in [0.15, 0.2) is 42.5 Å². The van der Waals surface area contributed by atoms with Crippen molar-refractivity contribution >= 4 is 46.6 Å². The maximum absolute atomic E-state index is 12.8. The minimum Gasteiger partial charge on any atom is -0.323 e. The molecule has 6 heteroatoms. The molecule has 0 saturated carbocycles. The smallest absolute Gasteiger partial charge is 0.266 e. The standard InChI is InChI=1S/C17H13ClN2O2S/c1-10-8-11(6-7-13(10)18)20-15(21)9-23-17(20)12-4-2-3-5-14(12)19-16(17)22/h2-8H,9H2,1H3,(H,19,22). The third kappa shape index (κ3) is 1.93. The summed E-state index contributed by atoms with van der Waals surface area (Å²) in [6.45, 7) is 1.88. The number of nitrogens with zero attached hydrogens (tertiary/aromatic N) is 1. The van der Waals surface area contributed by atoms with Crippen LogP contribution in [0.1, 0.15) is 11.1 Å². The average molecular weight is 345 g/mol. The molecule has 1 unspecified atom stereocenters. The van der Waals surface area contributed by atoms with Crippen molar-refractivity contribution in [1.29, 1.82) is 0 Å². The molecule has 2 aromatic rings. The van der Waals surface area contributed by atoms with E-state index >= 15 is 0 Å². The third-order valence-electron chi connectivity index (χ3n) is 4.22. The van der Waals surface area contributed by atoms with Crippen molar-refractivity contribution < 1.29 is 9.59 Å². The van der Waals surface area contributed by atoms with E-state index in [4.69, 9.17) is 11.6 Å². The van der Waals surface area contributed by atoms with Crippen LogP contribution in [0, 0.1) is 6.92 Å². The highest BCUT2D eigenvalue weighted by Gasteiger charge is 2.58. The van der Waals surface area contributed by atoms with Gasteiger partial charge in [-0.25, -0.2) is 0 Å². The van der Waals surface area contributed by atoms with Gasteiger partial charge in [-0.15, -0.1) is 11.8 Å². The van der Waals surface area contributed by atoms with Crippen molar-refractivity contribution in [2.24, 2.45) is 0 Å². The zero-order valence-corrected chi connectivity index (χ0v) is 13.9. The van der Waals surface area contributed by atoms with E-state index in [1.165, 1.54) is 11.8 Å². The van der Waals surface area contributed by atoms with Gasteiger partial charge in [0.2, 0.25) is 10.8 Å². The van der Waals surface area contributed by atoms with Crippen LogP contribution in [0.2, 0.25) is 5.02 Å². The highest BCUT2D eigenvalue weighted by atomic mass is 35.5. The minimum absolute atomic E-state index is 0.0800. The molecule has 4 rings (SSSR count). The maximum Gasteiger partial charge on any atom is 0.266 e. The summed E-state index contributed by atoms with van der Waals surface area (Å²) in [6.07, 6.45) is 0. The maximum atomic E-state index is 12.8. The Morgan fingerprint density at radius 1 is 1.22 bits per heavy atom. The summed E-state index contributed by atoms with van der Waals surface area (Å²) in [7, 11) is 0. The second-order valence-corrected chi connectivity index (χ2v) is 7.17. The summed E-state index contributed by atoms with van der Waals surface area (Å²) in [5.41, 5.74) is 3.15. The Hall–Kier alpha value is -1.98. The quantitative estimate of drug-likeness (QED) is 0.861. The molecule has 1 N–H and O–H groups in total. The summed E-state index contributed by atoms with van der Waals surface area (Å²) in [6, 6.07) is 12.9. The molecule has 2 amide bonds.